The van der Waals surface area contributed by atoms with Crippen LogP contribution in [0.1, 0.15) is 13.8 Å². The molecule has 128 valence electrons. The van der Waals surface area contributed by atoms with Crippen molar-refractivity contribution in [1.29, 1.82) is 0 Å². The van der Waals surface area contributed by atoms with E-state index in [4.69, 9.17) is 4.74 Å². The van der Waals surface area contributed by atoms with E-state index in [0.29, 0.717) is 25.4 Å². The van der Waals surface area contributed by atoms with Crippen LogP contribution in [0.2, 0.25) is 0 Å². The molecule has 0 bridgehead atoms. The molecule has 0 atom stereocenters. The van der Waals surface area contributed by atoms with E-state index in [-0.39, 0.29) is 6.03 Å². The number of amides is 2. The molecule has 2 amide bonds. The van der Waals surface area contributed by atoms with Gasteiger partial charge in [0.1, 0.15) is 6.33 Å². The fourth-order valence-corrected chi connectivity index (χ4v) is 2.13. The summed E-state index contributed by atoms with van der Waals surface area (Å²) in [4.78, 5) is 12.0. The fraction of sp³-hybridized carbons (Fsp3) is 0.353. The summed E-state index contributed by atoms with van der Waals surface area (Å²) >= 11 is 0. The lowest BCUT2D eigenvalue weighted by atomic mass is 10.1. The lowest BCUT2D eigenvalue weighted by molar-refractivity contribution is 0.159. The van der Waals surface area contributed by atoms with E-state index in [1.807, 2.05) is 42.7 Å². The summed E-state index contributed by atoms with van der Waals surface area (Å²) in [6.07, 6.45) is 1.67. The highest BCUT2D eigenvalue weighted by Crippen LogP contribution is 2.25. The number of carbonyl (C=O) groups excluding carboxylic acids is 1. The van der Waals surface area contributed by atoms with Crippen LogP contribution < -0.4 is 10.6 Å². The monoisotopic (exact) mass is 329 g/mol. The average molecular weight is 329 g/mol. The zero-order valence-corrected chi connectivity index (χ0v) is 14.1. The molecule has 0 aliphatic heterocycles. The first-order valence-corrected chi connectivity index (χ1v) is 7.86. The van der Waals surface area contributed by atoms with Gasteiger partial charge in [0.25, 0.3) is 0 Å². The predicted molar refractivity (Wildman–Crippen MR) is 93.8 cm³/mol. The number of hydrogen-bond acceptors (Lipinski definition) is 4. The lowest BCUT2D eigenvalue weighted by Crippen LogP contribution is -2.31. The second-order valence-electron chi connectivity index (χ2n) is 5.38. The van der Waals surface area contributed by atoms with E-state index < -0.39 is 0 Å². The van der Waals surface area contributed by atoms with Crippen LogP contribution in [0.15, 0.2) is 42.7 Å². The van der Waals surface area contributed by atoms with Crippen LogP contribution in [0.4, 0.5) is 10.5 Å². The number of aromatic nitrogens is 3. The predicted octanol–water partition coefficient (Wildman–Crippen LogP) is 2.68. The van der Waals surface area contributed by atoms with Crippen LogP contribution in [0, 0.1) is 0 Å². The highest BCUT2D eigenvalue weighted by Gasteiger charge is 2.12. The number of benzene rings is 1. The molecular formula is C17H23N5O2. The Labute approximate surface area is 141 Å². The summed E-state index contributed by atoms with van der Waals surface area (Å²) in [6, 6.07) is 7.22. The first kappa shape index (κ1) is 17.7. The molecule has 0 unspecified atom stereocenters. The molecule has 1 aromatic heterocycles. The number of hydrogen-bond donors (Lipinski definition) is 2. The molecule has 7 heteroatoms. The van der Waals surface area contributed by atoms with Crippen LogP contribution in [-0.2, 0) is 11.3 Å². The lowest BCUT2D eigenvalue weighted by Gasteiger charge is -2.12. The van der Waals surface area contributed by atoms with Crippen molar-refractivity contribution in [3.05, 3.63) is 42.7 Å². The Morgan fingerprint density at radius 2 is 2.17 bits per heavy atom. The second kappa shape index (κ2) is 8.83. The molecule has 2 aromatic rings. The Kier molecular flexibility index (Phi) is 6.51. The SMILES string of the molecule is C=C(C)COCCNC(=O)Nc1ccccc1-c1nncn1CC. The van der Waals surface area contributed by atoms with Crippen molar-refractivity contribution < 1.29 is 9.53 Å². The summed E-state index contributed by atoms with van der Waals surface area (Å²) in [5.41, 5.74) is 2.46. The molecular weight excluding hydrogens is 306 g/mol. The van der Waals surface area contributed by atoms with Crippen molar-refractivity contribution in [3.63, 3.8) is 0 Å². The van der Waals surface area contributed by atoms with E-state index in [1.165, 1.54) is 0 Å². The van der Waals surface area contributed by atoms with Crippen molar-refractivity contribution in [2.45, 2.75) is 20.4 Å². The van der Waals surface area contributed by atoms with Gasteiger partial charge < -0.3 is 19.9 Å². The zero-order valence-electron chi connectivity index (χ0n) is 14.1. The van der Waals surface area contributed by atoms with Crippen LogP contribution in [0.25, 0.3) is 11.4 Å². The Bertz CT molecular complexity index is 696. The van der Waals surface area contributed by atoms with Gasteiger partial charge in [0.15, 0.2) is 5.82 Å². The molecule has 0 spiro atoms. The molecule has 0 radical (unpaired) electrons. The summed E-state index contributed by atoms with van der Waals surface area (Å²) < 4.78 is 7.27. The molecule has 0 aliphatic carbocycles. The molecule has 2 rings (SSSR count). The molecule has 0 fully saturated rings. The largest absolute Gasteiger partial charge is 0.375 e. The minimum Gasteiger partial charge on any atom is -0.375 e. The van der Waals surface area contributed by atoms with Gasteiger partial charge in [-0.25, -0.2) is 4.79 Å². The normalized spacial score (nSPS) is 10.4. The number of urea groups is 1. The van der Waals surface area contributed by atoms with Crippen LogP contribution in [-0.4, -0.2) is 40.6 Å². The molecule has 0 saturated carbocycles. The third kappa shape index (κ3) is 4.92. The van der Waals surface area contributed by atoms with E-state index in [0.717, 1.165) is 23.5 Å². The van der Waals surface area contributed by atoms with Crippen molar-refractivity contribution in [2.24, 2.45) is 0 Å². The van der Waals surface area contributed by atoms with Crippen LogP contribution in [0.3, 0.4) is 0 Å². The Morgan fingerprint density at radius 3 is 2.92 bits per heavy atom. The standard InChI is InChI=1S/C17H23N5O2/c1-4-22-12-19-21-16(22)14-7-5-6-8-15(14)20-17(23)18-9-10-24-11-13(2)3/h5-8,12H,2,4,9-11H2,1,3H3,(H2,18,20,23). The third-order valence-electron chi connectivity index (χ3n) is 3.25. The van der Waals surface area contributed by atoms with Gasteiger partial charge >= 0.3 is 6.03 Å². The van der Waals surface area contributed by atoms with Gasteiger partial charge in [-0.05, 0) is 26.0 Å². The summed E-state index contributed by atoms with van der Waals surface area (Å²) in [6.45, 7) is 9.77. The van der Waals surface area contributed by atoms with E-state index in [9.17, 15) is 4.79 Å². The maximum absolute atomic E-state index is 12.0. The topological polar surface area (TPSA) is 81.1 Å². The number of para-hydroxylation sites is 1. The summed E-state index contributed by atoms with van der Waals surface area (Å²) in [5, 5.41) is 13.7. The van der Waals surface area contributed by atoms with E-state index in [2.05, 4.69) is 27.4 Å². The minimum absolute atomic E-state index is 0.288. The maximum Gasteiger partial charge on any atom is 0.319 e. The van der Waals surface area contributed by atoms with Crippen molar-refractivity contribution in [1.82, 2.24) is 20.1 Å². The van der Waals surface area contributed by atoms with Gasteiger partial charge in [0, 0.05) is 18.7 Å². The Balaban J connectivity index is 1.95. The van der Waals surface area contributed by atoms with Crippen molar-refractivity contribution >= 4 is 11.7 Å². The fourth-order valence-electron chi connectivity index (χ4n) is 2.13. The van der Waals surface area contributed by atoms with Crippen molar-refractivity contribution in [2.75, 3.05) is 25.1 Å². The van der Waals surface area contributed by atoms with Gasteiger partial charge in [-0.15, -0.1) is 10.2 Å². The van der Waals surface area contributed by atoms with Gasteiger partial charge in [-0.1, -0.05) is 24.3 Å². The first-order valence-electron chi connectivity index (χ1n) is 7.86. The molecule has 1 aromatic carbocycles. The highest BCUT2D eigenvalue weighted by molar-refractivity contribution is 5.93. The zero-order chi connectivity index (χ0) is 17.4. The molecule has 24 heavy (non-hydrogen) atoms. The smallest absolute Gasteiger partial charge is 0.319 e. The average Bonchev–Trinajstić information content (AvgIpc) is 3.03. The molecule has 0 saturated heterocycles. The van der Waals surface area contributed by atoms with Crippen molar-refractivity contribution in [3.8, 4) is 11.4 Å². The van der Waals surface area contributed by atoms with E-state index >= 15 is 0 Å². The molecule has 2 N–H and O–H groups in total. The number of anilines is 1. The van der Waals surface area contributed by atoms with Gasteiger partial charge in [0.2, 0.25) is 0 Å². The summed E-state index contributed by atoms with van der Waals surface area (Å²) in [7, 11) is 0. The molecule has 0 aliphatic rings. The van der Waals surface area contributed by atoms with Gasteiger partial charge in [0.05, 0.1) is 18.9 Å². The molecule has 1 heterocycles. The first-order chi connectivity index (χ1) is 11.6. The second-order valence-corrected chi connectivity index (χ2v) is 5.38. The van der Waals surface area contributed by atoms with E-state index in [1.54, 1.807) is 6.33 Å². The number of ether oxygens (including phenoxy) is 1. The quantitative estimate of drug-likeness (QED) is 0.576. The number of carbonyl (C=O) groups is 1. The van der Waals surface area contributed by atoms with Gasteiger partial charge in [-0.3, -0.25) is 0 Å². The van der Waals surface area contributed by atoms with Crippen LogP contribution >= 0.6 is 0 Å². The van der Waals surface area contributed by atoms with Crippen LogP contribution in [0.5, 0.6) is 0 Å². The number of nitrogens with zero attached hydrogens (tertiary/aromatic N) is 3. The summed E-state index contributed by atoms with van der Waals surface area (Å²) in [5.74, 6) is 0.721. The minimum atomic E-state index is -0.288. The number of aryl methyl sites for hydroxylation is 1. The highest BCUT2D eigenvalue weighted by atomic mass is 16.5. The Morgan fingerprint density at radius 1 is 1.38 bits per heavy atom. The molecule has 7 nitrogen and oxygen atoms in total. The maximum atomic E-state index is 12.0. The van der Waals surface area contributed by atoms with Gasteiger partial charge in [-0.2, -0.15) is 0 Å². The Hall–Kier alpha value is -2.67. The number of nitrogens with one attached hydrogen (secondary N) is 2. The number of rotatable bonds is 8. The third-order valence-corrected chi connectivity index (χ3v) is 3.25.